The van der Waals surface area contributed by atoms with Crippen molar-refractivity contribution in [3.05, 3.63) is 0 Å². The van der Waals surface area contributed by atoms with Crippen molar-refractivity contribution < 1.29 is 0 Å². The Kier molecular flexibility index (Phi) is 5.74. The van der Waals surface area contributed by atoms with Gasteiger partial charge in [-0.3, -0.25) is 0 Å². The summed E-state index contributed by atoms with van der Waals surface area (Å²) >= 11 is 5.24. The molecular weight excluding hydrogens is 128 g/mol. The lowest BCUT2D eigenvalue weighted by molar-refractivity contribution is 1.45. The van der Waals surface area contributed by atoms with Gasteiger partial charge in [0.15, 0.2) is 0 Å². The summed E-state index contributed by atoms with van der Waals surface area (Å²) in [6.45, 7) is 0. The average Bonchev–Trinajstić information content (AvgIpc) is 1.69. The second-order valence-electron chi connectivity index (χ2n) is 0.630. The number of hydrogen-bond donors (Lipinski definition) is 1. The van der Waals surface area contributed by atoms with E-state index in [0.29, 0.717) is 5.08 Å². The van der Waals surface area contributed by atoms with Crippen molar-refractivity contribution in [3.8, 4) is 6.19 Å². The summed E-state index contributed by atoms with van der Waals surface area (Å²) in [7, 11) is 0. The average molecular weight is 132 g/mol. The first-order valence-corrected chi connectivity index (χ1v) is 3.23. The molecule has 0 heterocycles. The minimum Gasteiger partial charge on any atom is -0.175 e. The van der Waals surface area contributed by atoms with E-state index in [-0.39, 0.29) is 0 Å². The highest BCUT2D eigenvalue weighted by Gasteiger charge is 1.68. The van der Waals surface area contributed by atoms with E-state index in [1.165, 1.54) is 17.3 Å². The van der Waals surface area contributed by atoms with Gasteiger partial charge < -0.3 is 0 Å². The quantitative estimate of drug-likeness (QED) is 0.201. The van der Waals surface area contributed by atoms with Crippen LogP contribution in [0.4, 0.5) is 0 Å². The molecule has 0 rings (SSSR count). The minimum absolute atomic E-state index is 0.672. The largest absolute Gasteiger partial charge is 0.206 e. The van der Waals surface area contributed by atoms with Gasteiger partial charge in [0, 0.05) is 5.08 Å². The molecule has 0 saturated heterocycles. The molecule has 0 unspecified atom stereocenters. The Labute approximate surface area is 52.0 Å². The molecule has 0 aliphatic rings. The molecule has 7 heavy (non-hydrogen) atoms. The summed E-state index contributed by atoms with van der Waals surface area (Å²) in [4.78, 5) is 3.26. The Hall–Kier alpha value is -0.140. The summed E-state index contributed by atoms with van der Waals surface area (Å²) in [6.07, 6.45) is 1.62. The third-order valence-electron chi connectivity index (χ3n) is 0.260. The van der Waals surface area contributed by atoms with Crippen molar-refractivity contribution in [3.63, 3.8) is 0 Å². The number of nitriles is 1. The number of rotatable bonds is 2. The molecule has 0 fully saturated rings. The van der Waals surface area contributed by atoms with Crippen molar-refractivity contribution in [2.75, 3.05) is 5.08 Å². The molecule has 0 amide bonds. The number of thioether (sulfide) groups is 1. The topological polar surface area (TPSA) is 36.1 Å². The maximum atomic E-state index is 7.81. The molecule has 0 aromatic carbocycles. The number of thiol groups is 1. The molecule has 0 spiro atoms. The van der Waals surface area contributed by atoms with E-state index in [9.17, 15) is 0 Å². The number of aliphatic imine (C=N–C) groups is 1. The van der Waals surface area contributed by atoms with E-state index in [1.807, 2.05) is 0 Å². The second kappa shape index (κ2) is 5.86. The second-order valence-corrected chi connectivity index (χ2v) is 2.21. The van der Waals surface area contributed by atoms with E-state index in [4.69, 9.17) is 5.26 Å². The Morgan fingerprint density at radius 3 is 3.14 bits per heavy atom. The van der Waals surface area contributed by atoms with E-state index in [0.717, 1.165) is 0 Å². The standard InChI is InChI=1S/C3H4N2S2/c4-1-5-2-7-3-6/h2,6H,3H2. The van der Waals surface area contributed by atoms with Crippen LogP contribution in [0.3, 0.4) is 0 Å². The van der Waals surface area contributed by atoms with Crippen LogP contribution in [0.25, 0.3) is 0 Å². The molecule has 0 radical (unpaired) electrons. The summed E-state index contributed by atoms with van der Waals surface area (Å²) in [5.41, 5.74) is 1.47. The van der Waals surface area contributed by atoms with Crippen LogP contribution < -0.4 is 0 Å². The SMILES string of the molecule is N#CN=CSCS. The van der Waals surface area contributed by atoms with E-state index >= 15 is 0 Å². The van der Waals surface area contributed by atoms with Gasteiger partial charge in [0.05, 0.1) is 5.55 Å². The van der Waals surface area contributed by atoms with Crippen molar-refractivity contribution in [2.24, 2.45) is 4.99 Å². The van der Waals surface area contributed by atoms with Gasteiger partial charge in [-0.1, -0.05) is 0 Å². The monoisotopic (exact) mass is 132 g/mol. The van der Waals surface area contributed by atoms with Gasteiger partial charge in [-0.05, 0) is 0 Å². The fourth-order valence-corrected chi connectivity index (χ4v) is 0.483. The minimum atomic E-state index is 0.672. The highest BCUT2D eigenvalue weighted by molar-refractivity contribution is 8.18. The highest BCUT2D eigenvalue weighted by atomic mass is 32.2. The normalized spacial score (nSPS) is 9.14. The molecule has 0 aliphatic carbocycles. The first-order valence-electron chi connectivity index (χ1n) is 1.55. The maximum absolute atomic E-state index is 7.81. The molecule has 0 N–H and O–H groups in total. The molecule has 0 bridgehead atoms. The molecule has 0 atom stereocenters. The summed E-state index contributed by atoms with van der Waals surface area (Å²) in [6, 6.07) is 0. The molecule has 0 aromatic heterocycles. The van der Waals surface area contributed by atoms with Crippen LogP contribution in [-0.2, 0) is 0 Å². The van der Waals surface area contributed by atoms with Gasteiger partial charge in [0.2, 0.25) is 6.19 Å². The third kappa shape index (κ3) is 5.86. The lowest BCUT2D eigenvalue weighted by atomic mass is 11.3. The maximum Gasteiger partial charge on any atom is 0.206 e. The Morgan fingerprint density at radius 1 is 2.00 bits per heavy atom. The van der Waals surface area contributed by atoms with Gasteiger partial charge in [-0.2, -0.15) is 22.9 Å². The van der Waals surface area contributed by atoms with Crippen molar-refractivity contribution in [1.82, 2.24) is 0 Å². The lowest BCUT2D eigenvalue weighted by Gasteiger charge is -1.74. The molecule has 2 nitrogen and oxygen atoms in total. The Morgan fingerprint density at radius 2 is 2.71 bits per heavy atom. The van der Waals surface area contributed by atoms with Gasteiger partial charge in [-0.25, -0.2) is 0 Å². The van der Waals surface area contributed by atoms with E-state index < -0.39 is 0 Å². The zero-order valence-corrected chi connectivity index (χ0v) is 5.25. The van der Waals surface area contributed by atoms with Crippen molar-refractivity contribution in [2.45, 2.75) is 0 Å². The van der Waals surface area contributed by atoms with Gasteiger partial charge in [0.25, 0.3) is 0 Å². The van der Waals surface area contributed by atoms with E-state index in [1.54, 1.807) is 6.19 Å². The van der Waals surface area contributed by atoms with Gasteiger partial charge >= 0.3 is 0 Å². The van der Waals surface area contributed by atoms with E-state index in [2.05, 4.69) is 17.6 Å². The van der Waals surface area contributed by atoms with Crippen LogP contribution in [0.15, 0.2) is 4.99 Å². The smallest absolute Gasteiger partial charge is 0.175 e. The van der Waals surface area contributed by atoms with Crippen LogP contribution in [0.1, 0.15) is 0 Å². The molecular formula is C3H4N2S2. The predicted molar refractivity (Wildman–Crippen MR) is 35.5 cm³/mol. The van der Waals surface area contributed by atoms with Crippen molar-refractivity contribution in [1.29, 1.82) is 5.26 Å². The highest BCUT2D eigenvalue weighted by Crippen LogP contribution is 1.94. The van der Waals surface area contributed by atoms with Crippen LogP contribution in [0, 0.1) is 11.5 Å². The third-order valence-corrected chi connectivity index (χ3v) is 1.11. The molecule has 38 valence electrons. The van der Waals surface area contributed by atoms with Crippen LogP contribution >= 0.6 is 24.4 Å². The lowest BCUT2D eigenvalue weighted by Crippen LogP contribution is -1.59. The first-order chi connectivity index (χ1) is 3.41. The Bertz CT molecular complexity index is 93.6. The van der Waals surface area contributed by atoms with Gasteiger partial charge in [-0.15, -0.1) is 11.8 Å². The zero-order valence-electron chi connectivity index (χ0n) is 3.53. The first kappa shape index (κ1) is 6.86. The van der Waals surface area contributed by atoms with Crippen LogP contribution in [-0.4, -0.2) is 10.6 Å². The summed E-state index contributed by atoms with van der Waals surface area (Å²) < 4.78 is 0. The Balaban J connectivity index is 2.97. The number of hydrogen-bond acceptors (Lipinski definition) is 4. The van der Waals surface area contributed by atoms with Crippen LogP contribution in [0.2, 0.25) is 0 Å². The number of nitrogens with zero attached hydrogens (tertiary/aromatic N) is 2. The summed E-state index contributed by atoms with van der Waals surface area (Å²) in [5, 5.41) is 8.48. The fourth-order valence-electron chi connectivity index (χ4n) is 0.0942. The molecule has 4 heteroatoms. The predicted octanol–water partition coefficient (Wildman–Crippen LogP) is 1.12. The fraction of sp³-hybridized carbons (Fsp3) is 0.333. The van der Waals surface area contributed by atoms with Crippen molar-refractivity contribution >= 4 is 29.9 Å². The zero-order chi connectivity index (χ0) is 5.54. The van der Waals surface area contributed by atoms with Gasteiger partial charge in [0.1, 0.15) is 0 Å². The summed E-state index contributed by atoms with van der Waals surface area (Å²) in [5.74, 6) is 0. The van der Waals surface area contributed by atoms with Crippen LogP contribution in [0.5, 0.6) is 0 Å². The molecule has 0 saturated carbocycles. The molecule has 0 aromatic rings. The molecule has 0 aliphatic heterocycles.